The number of piperazine rings is 1. The summed E-state index contributed by atoms with van der Waals surface area (Å²) in [5.74, 6) is -0.275. The van der Waals surface area contributed by atoms with E-state index in [9.17, 15) is 23.3 Å². The lowest BCUT2D eigenvalue weighted by molar-refractivity contribution is -0.387. The van der Waals surface area contributed by atoms with Gasteiger partial charge in [-0.1, -0.05) is 35.9 Å². The van der Waals surface area contributed by atoms with Gasteiger partial charge in [0.15, 0.2) is 4.90 Å². The van der Waals surface area contributed by atoms with Crippen LogP contribution in [0.25, 0.3) is 0 Å². The van der Waals surface area contributed by atoms with Crippen LogP contribution in [0.5, 0.6) is 0 Å². The molecule has 0 spiro atoms. The molecular formula is C17H16ClN3O5S. The maximum absolute atomic E-state index is 12.8. The molecule has 27 heavy (non-hydrogen) atoms. The molecule has 1 fully saturated rings. The molecule has 0 unspecified atom stereocenters. The van der Waals surface area contributed by atoms with Crippen LogP contribution in [0.2, 0.25) is 5.02 Å². The largest absolute Gasteiger partial charge is 0.336 e. The van der Waals surface area contributed by atoms with Gasteiger partial charge in [0, 0.05) is 32.2 Å². The first-order chi connectivity index (χ1) is 12.8. The van der Waals surface area contributed by atoms with Gasteiger partial charge in [-0.25, -0.2) is 8.42 Å². The Hall–Kier alpha value is -2.49. The molecule has 1 aliphatic heterocycles. The van der Waals surface area contributed by atoms with Crippen molar-refractivity contribution in [1.29, 1.82) is 0 Å². The number of halogens is 1. The molecule has 1 amide bonds. The third-order valence-corrected chi connectivity index (χ3v) is 6.59. The molecule has 0 N–H and O–H groups in total. The van der Waals surface area contributed by atoms with E-state index in [0.29, 0.717) is 10.6 Å². The van der Waals surface area contributed by atoms with Crippen LogP contribution in [0.1, 0.15) is 10.4 Å². The van der Waals surface area contributed by atoms with Crippen molar-refractivity contribution in [2.45, 2.75) is 4.90 Å². The Morgan fingerprint density at radius 1 is 1.00 bits per heavy atom. The third-order valence-electron chi connectivity index (χ3n) is 4.31. The summed E-state index contributed by atoms with van der Waals surface area (Å²) in [6.07, 6.45) is 0. The molecule has 142 valence electrons. The minimum Gasteiger partial charge on any atom is -0.336 e. The maximum atomic E-state index is 12.8. The first-order valence-corrected chi connectivity index (χ1v) is 9.91. The van der Waals surface area contributed by atoms with Crippen LogP contribution in [0.3, 0.4) is 0 Å². The van der Waals surface area contributed by atoms with E-state index in [2.05, 4.69) is 0 Å². The third kappa shape index (κ3) is 3.80. The molecule has 2 aromatic carbocycles. The average Bonchev–Trinajstić information content (AvgIpc) is 2.68. The summed E-state index contributed by atoms with van der Waals surface area (Å²) in [5.41, 5.74) is -0.110. The van der Waals surface area contributed by atoms with Crippen molar-refractivity contribution in [3.63, 3.8) is 0 Å². The number of sulfonamides is 1. The van der Waals surface area contributed by atoms with E-state index in [1.54, 1.807) is 24.3 Å². The highest BCUT2D eigenvalue weighted by molar-refractivity contribution is 7.89. The van der Waals surface area contributed by atoms with E-state index in [1.807, 2.05) is 0 Å². The predicted octanol–water partition coefficient (Wildman–Crippen LogP) is 2.39. The van der Waals surface area contributed by atoms with Gasteiger partial charge in [-0.3, -0.25) is 14.9 Å². The summed E-state index contributed by atoms with van der Waals surface area (Å²) >= 11 is 6.05. The molecule has 1 saturated heterocycles. The summed E-state index contributed by atoms with van der Waals surface area (Å²) in [4.78, 5) is 24.2. The first-order valence-electron chi connectivity index (χ1n) is 8.10. The number of amides is 1. The molecule has 8 nitrogen and oxygen atoms in total. The highest BCUT2D eigenvalue weighted by Gasteiger charge is 2.34. The van der Waals surface area contributed by atoms with Crippen LogP contribution >= 0.6 is 11.6 Å². The standard InChI is InChI=1S/C17H16ClN3O5S/c18-14-6-2-1-5-13(14)17(22)19-9-11-20(12-10-19)27(25,26)16-8-4-3-7-15(16)21(23)24/h1-8H,9-12H2. The van der Waals surface area contributed by atoms with E-state index in [0.717, 1.165) is 10.4 Å². The molecule has 0 saturated carbocycles. The summed E-state index contributed by atoms with van der Waals surface area (Å²) in [5, 5.41) is 11.5. The second-order valence-electron chi connectivity index (χ2n) is 5.90. The minimum absolute atomic E-state index is 0.0462. The van der Waals surface area contributed by atoms with Gasteiger partial charge >= 0.3 is 0 Å². The molecule has 1 aliphatic rings. The van der Waals surface area contributed by atoms with Crippen molar-refractivity contribution in [3.05, 3.63) is 69.2 Å². The van der Waals surface area contributed by atoms with Crippen molar-refractivity contribution in [1.82, 2.24) is 9.21 Å². The summed E-state index contributed by atoms with van der Waals surface area (Å²) in [6, 6.07) is 11.9. The smallest absolute Gasteiger partial charge is 0.289 e. The number of para-hydroxylation sites is 1. The van der Waals surface area contributed by atoms with Gasteiger partial charge in [0.1, 0.15) is 0 Å². The molecule has 3 rings (SSSR count). The van der Waals surface area contributed by atoms with Crippen molar-refractivity contribution in [3.8, 4) is 0 Å². The topological polar surface area (TPSA) is 101 Å². The molecule has 0 atom stereocenters. The first kappa shape index (κ1) is 19.3. The Morgan fingerprint density at radius 3 is 2.22 bits per heavy atom. The summed E-state index contributed by atoms with van der Waals surface area (Å²) in [6.45, 7) is 0.434. The lowest BCUT2D eigenvalue weighted by Crippen LogP contribution is -2.50. The predicted molar refractivity (Wildman–Crippen MR) is 99.2 cm³/mol. The van der Waals surface area contributed by atoms with E-state index >= 15 is 0 Å². The Kier molecular flexibility index (Phi) is 5.45. The monoisotopic (exact) mass is 409 g/mol. The SMILES string of the molecule is O=C(c1ccccc1Cl)N1CCN(S(=O)(=O)c2ccccc2[N+](=O)[O-])CC1. The van der Waals surface area contributed by atoms with Crippen LogP contribution in [-0.4, -0.2) is 54.6 Å². The van der Waals surface area contributed by atoms with Gasteiger partial charge in [0.2, 0.25) is 10.0 Å². The number of carbonyl (C=O) groups excluding carboxylic acids is 1. The second-order valence-corrected chi connectivity index (χ2v) is 8.21. The molecule has 10 heteroatoms. The van der Waals surface area contributed by atoms with Gasteiger partial charge < -0.3 is 4.90 Å². The molecule has 0 aliphatic carbocycles. The van der Waals surface area contributed by atoms with Crippen LogP contribution in [0.4, 0.5) is 5.69 Å². The molecule has 0 radical (unpaired) electrons. The van der Waals surface area contributed by atoms with E-state index < -0.39 is 20.6 Å². The van der Waals surface area contributed by atoms with Gasteiger partial charge in [0.25, 0.3) is 11.6 Å². The molecule has 2 aromatic rings. The summed E-state index contributed by atoms with van der Waals surface area (Å²) < 4.78 is 26.8. The Bertz CT molecular complexity index is 988. The number of nitro groups is 1. The fourth-order valence-corrected chi connectivity index (χ4v) is 4.70. The number of hydrogen-bond donors (Lipinski definition) is 0. The van der Waals surface area contributed by atoms with Crippen molar-refractivity contribution < 1.29 is 18.1 Å². The molecule has 0 bridgehead atoms. The number of nitrogens with zero attached hydrogens (tertiary/aromatic N) is 3. The van der Waals surface area contributed by atoms with E-state index in [4.69, 9.17) is 11.6 Å². The number of carbonyl (C=O) groups is 1. The zero-order chi connectivity index (χ0) is 19.6. The van der Waals surface area contributed by atoms with Crippen LogP contribution in [0, 0.1) is 10.1 Å². The number of hydrogen-bond acceptors (Lipinski definition) is 5. The minimum atomic E-state index is -4.03. The van der Waals surface area contributed by atoms with Crippen molar-refractivity contribution in [2.75, 3.05) is 26.2 Å². The number of rotatable bonds is 4. The maximum Gasteiger partial charge on any atom is 0.289 e. The number of nitro benzene ring substituents is 1. The highest BCUT2D eigenvalue weighted by Crippen LogP contribution is 2.27. The van der Waals surface area contributed by atoms with Gasteiger partial charge in [-0.05, 0) is 18.2 Å². The van der Waals surface area contributed by atoms with Gasteiger partial charge in [-0.2, -0.15) is 4.31 Å². The van der Waals surface area contributed by atoms with E-state index in [1.165, 1.54) is 23.1 Å². The summed E-state index contributed by atoms with van der Waals surface area (Å²) in [7, 11) is -4.03. The fourth-order valence-electron chi connectivity index (χ4n) is 2.90. The van der Waals surface area contributed by atoms with Crippen molar-refractivity contribution >= 4 is 33.2 Å². The number of benzene rings is 2. The van der Waals surface area contributed by atoms with E-state index in [-0.39, 0.29) is 37.0 Å². The fraction of sp³-hybridized carbons (Fsp3) is 0.235. The van der Waals surface area contributed by atoms with Crippen molar-refractivity contribution in [2.24, 2.45) is 0 Å². The lowest BCUT2D eigenvalue weighted by atomic mass is 10.2. The molecule has 0 aromatic heterocycles. The quantitative estimate of drug-likeness (QED) is 0.570. The lowest BCUT2D eigenvalue weighted by Gasteiger charge is -2.34. The average molecular weight is 410 g/mol. The Labute approximate surface area is 161 Å². The second kappa shape index (κ2) is 7.63. The highest BCUT2D eigenvalue weighted by atomic mass is 35.5. The molecule has 1 heterocycles. The van der Waals surface area contributed by atoms with Crippen LogP contribution in [-0.2, 0) is 10.0 Å². The van der Waals surface area contributed by atoms with Gasteiger partial charge in [-0.15, -0.1) is 0 Å². The van der Waals surface area contributed by atoms with Crippen LogP contribution in [0.15, 0.2) is 53.4 Å². The Morgan fingerprint density at radius 2 is 1.59 bits per heavy atom. The molecular weight excluding hydrogens is 394 g/mol. The zero-order valence-corrected chi connectivity index (χ0v) is 15.7. The van der Waals surface area contributed by atoms with Crippen LogP contribution < -0.4 is 0 Å². The van der Waals surface area contributed by atoms with Gasteiger partial charge in [0.05, 0.1) is 15.5 Å². The zero-order valence-electron chi connectivity index (χ0n) is 14.1. The Balaban J connectivity index is 1.77. The normalized spacial score (nSPS) is 15.5.